The molecule has 0 saturated heterocycles. The molecular weight excluding hydrogens is 181 g/mol. The number of carbonyl (C=O) groups excluding carboxylic acids is 2. The van der Waals surface area contributed by atoms with Crippen molar-refractivity contribution in [1.82, 2.24) is 0 Å². The van der Waals surface area contributed by atoms with Gasteiger partial charge in [0, 0.05) is 0 Å². The zero-order valence-corrected chi connectivity index (χ0v) is 6.38. The Kier molecular flexibility index (Phi) is 3.57. The molecule has 0 aliphatic rings. The summed E-state index contributed by atoms with van der Waals surface area (Å²) in [5, 5.41) is -0.771. The first-order valence-electron chi connectivity index (χ1n) is 2.54. The van der Waals surface area contributed by atoms with Crippen LogP contribution in [-0.4, -0.2) is 23.3 Å². The Bertz CT molecular complexity index is 175. The minimum absolute atomic E-state index is 0.609. The predicted molar refractivity (Wildman–Crippen MR) is 34.2 cm³/mol. The Morgan fingerprint density at radius 2 is 1.82 bits per heavy atom. The van der Waals surface area contributed by atoms with Gasteiger partial charge in [0.25, 0.3) is 0 Å². The second-order valence-electron chi connectivity index (χ2n) is 1.67. The third-order valence-corrected chi connectivity index (χ3v) is 1.45. The van der Waals surface area contributed by atoms with Gasteiger partial charge in [-0.1, -0.05) is 11.8 Å². The smallest absolute Gasteiger partial charge is 0.289 e. The molecule has 6 heteroatoms. The van der Waals surface area contributed by atoms with Crippen molar-refractivity contribution in [3.05, 3.63) is 0 Å². The molecule has 0 radical (unpaired) electrons. The summed E-state index contributed by atoms with van der Waals surface area (Å²) >= 11 is 0.609. The highest BCUT2D eigenvalue weighted by Gasteiger charge is 2.38. The summed E-state index contributed by atoms with van der Waals surface area (Å²) in [6.07, 6.45) is -4.62. The van der Waals surface area contributed by atoms with Gasteiger partial charge in [-0.05, 0) is 6.26 Å². The number of halogens is 3. The Morgan fingerprint density at radius 3 is 2.09 bits per heavy atom. The van der Waals surface area contributed by atoms with E-state index >= 15 is 0 Å². The second-order valence-corrected chi connectivity index (χ2v) is 2.54. The van der Waals surface area contributed by atoms with Gasteiger partial charge in [0.15, 0.2) is 5.12 Å². The Hall–Kier alpha value is -0.520. The quantitative estimate of drug-likeness (QED) is 0.611. The number of Topliss-reactive ketones (excluding diaryl/α,β-unsaturated/α-hetero) is 1. The molecule has 0 N–H and O–H groups in total. The molecule has 0 atom stereocenters. The molecule has 2 nitrogen and oxygen atoms in total. The largest absolute Gasteiger partial charge is 0.450 e. The predicted octanol–water partition coefficient (Wildman–Crippen LogP) is 1.40. The van der Waals surface area contributed by atoms with Crippen LogP contribution in [0.3, 0.4) is 0 Å². The fourth-order valence-electron chi connectivity index (χ4n) is 0.303. The Labute approximate surface area is 65.1 Å². The van der Waals surface area contributed by atoms with Gasteiger partial charge < -0.3 is 0 Å². The molecule has 64 valence electrons. The highest BCUT2D eigenvalue weighted by Crippen LogP contribution is 2.19. The summed E-state index contributed by atoms with van der Waals surface area (Å²) in [4.78, 5) is 20.4. The van der Waals surface area contributed by atoms with E-state index < -0.39 is 23.5 Å². The van der Waals surface area contributed by atoms with Crippen LogP contribution in [0.15, 0.2) is 0 Å². The van der Waals surface area contributed by atoms with Crippen LogP contribution in [0.5, 0.6) is 0 Å². The molecule has 0 aromatic carbocycles. The molecule has 0 spiro atoms. The SMILES string of the molecule is CSC(=O)CC(=O)C(F)(F)F. The van der Waals surface area contributed by atoms with Crippen LogP contribution in [0, 0.1) is 0 Å². The first-order valence-corrected chi connectivity index (χ1v) is 3.77. The zero-order valence-electron chi connectivity index (χ0n) is 5.57. The number of alkyl halides is 3. The minimum Gasteiger partial charge on any atom is -0.289 e. The van der Waals surface area contributed by atoms with Crippen molar-refractivity contribution < 1.29 is 22.8 Å². The lowest BCUT2D eigenvalue weighted by Gasteiger charge is -2.01. The van der Waals surface area contributed by atoms with Crippen LogP contribution in [0.2, 0.25) is 0 Å². The van der Waals surface area contributed by atoms with E-state index in [2.05, 4.69) is 0 Å². The summed E-state index contributed by atoms with van der Waals surface area (Å²) < 4.78 is 34.3. The summed E-state index contributed by atoms with van der Waals surface area (Å²) in [7, 11) is 0. The maximum Gasteiger partial charge on any atom is 0.450 e. The molecule has 0 unspecified atom stereocenters. The van der Waals surface area contributed by atoms with E-state index in [1.165, 1.54) is 6.26 Å². The lowest BCUT2D eigenvalue weighted by Crippen LogP contribution is -2.24. The van der Waals surface area contributed by atoms with E-state index in [0.29, 0.717) is 11.8 Å². The van der Waals surface area contributed by atoms with Gasteiger partial charge in [0.2, 0.25) is 5.78 Å². The number of ketones is 1. The van der Waals surface area contributed by atoms with Crippen LogP contribution < -0.4 is 0 Å². The second kappa shape index (κ2) is 3.75. The van der Waals surface area contributed by atoms with Crippen molar-refractivity contribution in [3.8, 4) is 0 Å². The number of hydrogen-bond acceptors (Lipinski definition) is 3. The highest BCUT2D eigenvalue weighted by atomic mass is 32.2. The van der Waals surface area contributed by atoms with Gasteiger partial charge in [-0.3, -0.25) is 9.59 Å². The number of thioether (sulfide) groups is 1. The van der Waals surface area contributed by atoms with Crippen molar-refractivity contribution in [3.63, 3.8) is 0 Å². The molecule has 0 rings (SSSR count). The van der Waals surface area contributed by atoms with Gasteiger partial charge in [-0.15, -0.1) is 0 Å². The fourth-order valence-corrected chi connectivity index (χ4v) is 0.579. The van der Waals surface area contributed by atoms with Crippen molar-refractivity contribution in [2.45, 2.75) is 12.6 Å². The molecule has 0 amide bonds. The first-order chi connectivity index (χ1) is 4.88. The van der Waals surface area contributed by atoms with Gasteiger partial charge in [-0.2, -0.15) is 13.2 Å². The number of hydrogen-bond donors (Lipinski definition) is 0. The van der Waals surface area contributed by atoms with Crippen LogP contribution in [0.4, 0.5) is 13.2 Å². The van der Waals surface area contributed by atoms with Crippen LogP contribution >= 0.6 is 11.8 Å². The summed E-state index contributed by atoms with van der Waals surface area (Å²) in [6.45, 7) is 0. The number of rotatable bonds is 2. The topological polar surface area (TPSA) is 34.1 Å². The number of carbonyl (C=O) groups is 2. The van der Waals surface area contributed by atoms with E-state index in [0.717, 1.165) is 0 Å². The third-order valence-electron chi connectivity index (χ3n) is 0.849. The summed E-state index contributed by atoms with van der Waals surface area (Å²) in [6, 6.07) is 0. The fraction of sp³-hybridized carbons (Fsp3) is 0.600. The van der Waals surface area contributed by atoms with E-state index in [-0.39, 0.29) is 0 Å². The van der Waals surface area contributed by atoms with Crippen LogP contribution in [0.25, 0.3) is 0 Å². The normalized spacial score (nSPS) is 11.3. The molecule has 0 aromatic heterocycles. The molecule has 0 bridgehead atoms. The molecule has 0 saturated carbocycles. The molecular formula is C5H5F3O2S. The first kappa shape index (κ1) is 10.5. The van der Waals surface area contributed by atoms with E-state index in [1.807, 2.05) is 0 Å². The molecule has 0 aliphatic heterocycles. The Balaban J connectivity index is 3.99. The zero-order chi connectivity index (χ0) is 9.07. The third kappa shape index (κ3) is 4.02. The average molecular weight is 186 g/mol. The van der Waals surface area contributed by atoms with Crippen LogP contribution in [-0.2, 0) is 9.59 Å². The molecule has 0 heterocycles. The Morgan fingerprint density at radius 1 is 1.36 bits per heavy atom. The van der Waals surface area contributed by atoms with Crippen molar-refractivity contribution in [2.24, 2.45) is 0 Å². The van der Waals surface area contributed by atoms with Gasteiger partial charge in [0.05, 0.1) is 6.42 Å². The van der Waals surface area contributed by atoms with Crippen molar-refractivity contribution in [1.29, 1.82) is 0 Å². The monoisotopic (exact) mass is 186 g/mol. The lowest BCUT2D eigenvalue weighted by molar-refractivity contribution is -0.171. The van der Waals surface area contributed by atoms with E-state index in [9.17, 15) is 22.8 Å². The lowest BCUT2D eigenvalue weighted by atomic mass is 10.3. The molecule has 11 heavy (non-hydrogen) atoms. The highest BCUT2D eigenvalue weighted by molar-refractivity contribution is 8.13. The van der Waals surface area contributed by atoms with Crippen molar-refractivity contribution in [2.75, 3.05) is 6.26 Å². The molecule has 0 aromatic rings. The van der Waals surface area contributed by atoms with Gasteiger partial charge in [-0.25, -0.2) is 0 Å². The molecule has 0 aliphatic carbocycles. The summed E-state index contributed by atoms with van der Waals surface area (Å²) in [5.41, 5.74) is 0. The van der Waals surface area contributed by atoms with Crippen LogP contribution in [0.1, 0.15) is 6.42 Å². The van der Waals surface area contributed by atoms with E-state index in [1.54, 1.807) is 0 Å². The molecule has 0 fully saturated rings. The van der Waals surface area contributed by atoms with Gasteiger partial charge >= 0.3 is 6.18 Å². The standard InChI is InChI=1S/C5H5F3O2S/c1-11-4(10)2-3(9)5(6,7)8/h2H2,1H3. The minimum atomic E-state index is -4.88. The maximum atomic E-state index is 11.4. The van der Waals surface area contributed by atoms with Crippen molar-refractivity contribution >= 4 is 22.7 Å². The van der Waals surface area contributed by atoms with E-state index in [4.69, 9.17) is 0 Å². The average Bonchev–Trinajstić information content (AvgIpc) is 1.85. The maximum absolute atomic E-state index is 11.4. The van der Waals surface area contributed by atoms with Gasteiger partial charge in [0.1, 0.15) is 0 Å². The summed E-state index contributed by atoms with van der Waals surface area (Å²) in [5.74, 6) is -1.99.